The number of nitrogens with zero attached hydrogens (tertiary/aromatic N) is 6. The molecule has 0 aliphatic carbocycles. The van der Waals surface area contributed by atoms with Gasteiger partial charge in [0.05, 0.1) is 5.70 Å². The molecule has 4 rings (SSSR count). The van der Waals surface area contributed by atoms with Crippen molar-refractivity contribution < 1.29 is 8.78 Å². The summed E-state index contributed by atoms with van der Waals surface area (Å²) in [4.78, 5) is 16.4. The number of hydrogen-bond acceptors (Lipinski definition) is 7. The largest absolute Gasteiger partial charge is 0.372 e. The molecule has 2 saturated heterocycles. The van der Waals surface area contributed by atoms with Crippen molar-refractivity contribution >= 4 is 5.71 Å². The van der Waals surface area contributed by atoms with Crippen LogP contribution < -0.4 is 5.32 Å². The van der Waals surface area contributed by atoms with E-state index in [1.165, 1.54) is 18.5 Å². The fourth-order valence-corrected chi connectivity index (χ4v) is 5.44. The van der Waals surface area contributed by atoms with Gasteiger partial charge in [0.15, 0.2) is 17.5 Å². The molecule has 37 heavy (non-hydrogen) atoms. The molecule has 1 aromatic heterocycles. The Morgan fingerprint density at radius 3 is 2.62 bits per heavy atom. The van der Waals surface area contributed by atoms with Gasteiger partial charge in [0.25, 0.3) is 0 Å². The summed E-state index contributed by atoms with van der Waals surface area (Å²) in [6.45, 7) is 13.7. The van der Waals surface area contributed by atoms with Crippen LogP contribution in [0.2, 0.25) is 0 Å². The lowest BCUT2D eigenvalue weighted by Crippen LogP contribution is -2.57. The molecule has 0 spiro atoms. The zero-order chi connectivity index (χ0) is 26.4. The zero-order valence-electron chi connectivity index (χ0n) is 22.1. The van der Waals surface area contributed by atoms with Crippen LogP contribution >= 0.6 is 0 Å². The van der Waals surface area contributed by atoms with Crippen molar-refractivity contribution in [2.24, 2.45) is 4.99 Å². The molecule has 0 amide bonds. The molecule has 2 N–H and O–H groups in total. The lowest BCUT2D eigenvalue weighted by atomic mass is 9.97. The second-order valence-corrected chi connectivity index (χ2v) is 9.72. The minimum absolute atomic E-state index is 0.460. The highest BCUT2D eigenvalue weighted by Gasteiger charge is 2.33. The maximum absolute atomic E-state index is 13.6. The van der Waals surface area contributed by atoms with E-state index in [0.29, 0.717) is 30.2 Å². The SMILES string of the molecule is C=C/C(=N\C(NC)=C(/C)N1CCN(C2CCN(Cc3ccc(F)c(F)c3)CC2)C(CC)C1)c1ncn[nH]1. The van der Waals surface area contributed by atoms with Crippen molar-refractivity contribution in [1.29, 1.82) is 0 Å². The second kappa shape index (κ2) is 12.4. The average molecular weight is 513 g/mol. The van der Waals surface area contributed by atoms with E-state index in [4.69, 9.17) is 4.99 Å². The van der Waals surface area contributed by atoms with Gasteiger partial charge in [-0.3, -0.25) is 14.9 Å². The highest BCUT2D eigenvalue weighted by atomic mass is 19.2. The number of likely N-dealkylation sites (tertiary alicyclic amines) is 1. The van der Waals surface area contributed by atoms with Crippen LogP contribution in [0.1, 0.15) is 44.5 Å². The fraction of sp³-hybridized carbons (Fsp3) is 0.519. The maximum Gasteiger partial charge on any atom is 0.174 e. The van der Waals surface area contributed by atoms with E-state index in [9.17, 15) is 8.78 Å². The van der Waals surface area contributed by atoms with Gasteiger partial charge in [-0.05, 0) is 63.0 Å². The molecule has 10 heteroatoms. The van der Waals surface area contributed by atoms with Gasteiger partial charge in [0, 0.05) is 45.3 Å². The summed E-state index contributed by atoms with van der Waals surface area (Å²) < 4.78 is 26.9. The molecule has 8 nitrogen and oxygen atoms in total. The van der Waals surface area contributed by atoms with Crippen molar-refractivity contribution in [2.75, 3.05) is 39.8 Å². The lowest BCUT2D eigenvalue weighted by molar-refractivity contribution is 0.0222. The molecular weight excluding hydrogens is 474 g/mol. The van der Waals surface area contributed by atoms with Crippen LogP contribution in [0.5, 0.6) is 0 Å². The Balaban J connectivity index is 1.37. The van der Waals surface area contributed by atoms with Crippen LogP contribution in [-0.4, -0.2) is 87.4 Å². The topological polar surface area (TPSA) is 75.7 Å². The predicted octanol–water partition coefficient (Wildman–Crippen LogP) is 3.53. The van der Waals surface area contributed by atoms with Gasteiger partial charge in [-0.2, -0.15) is 5.10 Å². The summed E-state index contributed by atoms with van der Waals surface area (Å²) in [5.41, 5.74) is 2.56. The summed E-state index contributed by atoms with van der Waals surface area (Å²) >= 11 is 0. The quantitative estimate of drug-likeness (QED) is 0.501. The number of aromatic nitrogens is 3. The highest BCUT2D eigenvalue weighted by Crippen LogP contribution is 2.26. The summed E-state index contributed by atoms with van der Waals surface area (Å²) in [6, 6.07) is 5.21. The van der Waals surface area contributed by atoms with Gasteiger partial charge >= 0.3 is 0 Å². The van der Waals surface area contributed by atoms with Crippen LogP contribution in [0.25, 0.3) is 0 Å². The van der Waals surface area contributed by atoms with Crippen LogP contribution in [-0.2, 0) is 6.54 Å². The molecule has 2 aliphatic heterocycles. The van der Waals surface area contributed by atoms with Crippen LogP contribution in [0, 0.1) is 11.6 Å². The van der Waals surface area contributed by atoms with E-state index in [2.05, 4.69) is 55.6 Å². The second-order valence-electron chi connectivity index (χ2n) is 9.72. The maximum atomic E-state index is 13.6. The third kappa shape index (κ3) is 6.42. The molecule has 0 bridgehead atoms. The zero-order valence-corrected chi connectivity index (χ0v) is 22.1. The van der Waals surface area contributed by atoms with Crippen molar-refractivity contribution in [3.8, 4) is 0 Å². The number of piperazine rings is 1. The number of rotatable bonds is 9. The Bertz CT molecular complexity index is 1110. The minimum atomic E-state index is -0.790. The monoisotopic (exact) mass is 512 g/mol. The van der Waals surface area contributed by atoms with Crippen LogP contribution in [0.4, 0.5) is 8.78 Å². The van der Waals surface area contributed by atoms with Crippen molar-refractivity contribution in [3.05, 3.63) is 71.7 Å². The van der Waals surface area contributed by atoms with Crippen molar-refractivity contribution in [3.63, 3.8) is 0 Å². The van der Waals surface area contributed by atoms with Crippen LogP contribution in [0.3, 0.4) is 0 Å². The molecular formula is C27H38F2N8. The molecule has 0 saturated carbocycles. The molecule has 2 fully saturated rings. The first-order valence-electron chi connectivity index (χ1n) is 13.1. The number of aromatic amines is 1. The third-order valence-electron chi connectivity index (χ3n) is 7.55. The Kier molecular flexibility index (Phi) is 9.04. The van der Waals surface area contributed by atoms with Crippen molar-refractivity contribution in [1.82, 2.24) is 35.2 Å². The average Bonchev–Trinajstić information content (AvgIpc) is 3.46. The summed E-state index contributed by atoms with van der Waals surface area (Å²) in [5, 5.41) is 10.0. The number of benzene rings is 1. The van der Waals surface area contributed by atoms with Crippen LogP contribution in [0.15, 0.2) is 53.7 Å². The van der Waals surface area contributed by atoms with Gasteiger partial charge in [-0.1, -0.05) is 19.6 Å². The summed E-state index contributed by atoms with van der Waals surface area (Å²) in [6.07, 6.45) is 6.38. The smallest absolute Gasteiger partial charge is 0.174 e. The molecule has 1 atom stereocenters. The highest BCUT2D eigenvalue weighted by molar-refractivity contribution is 6.06. The number of piperidine rings is 1. The Hall–Kier alpha value is -3.11. The molecule has 2 aromatic rings. The Morgan fingerprint density at radius 1 is 1.22 bits per heavy atom. The standard InChI is InChI=1S/C27H38F2N8/c1-5-21-17-36(19(3)26(30-4)33-25(6-2)27-31-18-32-34-27)13-14-37(21)22-9-11-35(12-10-22)16-20-7-8-23(28)24(29)15-20/h6-8,15,18,21-22,30H,2,5,9-14,16-17H2,1,3-4H3,(H,31,32,34)/b26-19+,33-25+. The Morgan fingerprint density at radius 2 is 2.00 bits per heavy atom. The third-order valence-corrected chi connectivity index (χ3v) is 7.55. The minimum Gasteiger partial charge on any atom is -0.372 e. The van der Waals surface area contributed by atoms with E-state index in [0.717, 1.165) is 69.1 Å². The van der Waals surface area contributed by atoms with E-state index in [-0.39, 0.29) is 0 Å². The van der Waals surface area contributed by atoms with Gasteiger partial charge in [0.1, 0.15) is 17.9 Å². The first-order chi connectivity index (χ1) is 17.9. The normalized spacial score (nSPS) is 21.2. The number of hydrogen-bond donors (Lipinski definition) is 2. The van der Waals surface area contributed by atoms with E-state index >= 15 is 0 Å². The Labute approximate surface area is 218 Å². The molecule has 1 unspecified atom stereocenters. The number of aliphatic imine (C=N–C) groups is 1. The molecule has 3 heterocycles. The fourth-order valence-electron chi connectivity index (χ4n) is 5.44. The van der Waals surface area contributed by atoms with Crippen molar-refractivity contribution in [2.45, 2.75) is 51.7 Å². The number of nitrogens with one attached hydrogen (secondary N) is 2. The molecule has 2 aliphatic rings. The van der Waals surface area contributed by atoms with Gasteiger partial charge in [0.2, 0.25) is 0 Å². The molecule has 1 aromatic carbocycles. The van der Waals surface area contributed by atoms with Gasteiger partial charge < -0.3 is 10.2 Å². The summed E-state index contributed by atoms with van der Waals surface area (Å²) in [7, 11) is 1.88. The van der Waals surface area contributed by atoms with Gasteiger partial charge in [-0.25, -0.2) is 18.8 Å². The first-order valence-corrected chi connectivity index (χ1v) is 13.1. The molecule has 200 valence electrons. The number of allylic oxidation sites excluding steroid dienone is 2. The van der Waals surface area contributed by atoms with E-state index < -0.39 is 11.6 Å². The predicted molar refractivity (Wildman–Crippen MR) is 142 cm³/mol. The number of H-pyrrole nitrogens is 1. The number of halogens is 2. The van der Waals surface area contributed by atoms with E-state index in [1.54, 1.807) is 12.1 Å². The lowest BCUT2D eigenvalue weighted by Gasteiger charge is -2.48. The van der Waals surface area contributed by atoms with E-state index in [1.807, 2.05) is 7.05 Å². The summed E-state index contributed by atoms with van der Waals surface area (Å²) in [5.74, 6) is -0.184. The first kappa shape index (κ1) is 26.9. The molecule has 0 radical (unpaired) electrons. The van der Waals surface area contributed by atoms with Gasteiger partial charge in [-0.15, -0.1) is 0 Å².